The lowest BCUT2D eigenvalue weighted by atomic mass is 9.67. The maximum atomic E-state index is 15.1. The van der Waals surface area contributed by atoms with Gasteiger partial charge in [0.05, 0.1) is 36.5 Å². The van der Waals surface area contributed by atoms with Gasteiger partial charge in [-0.3, -0.25) is 9.59 Å². The Kier molecular flexibility index (Phi) is 15.4. The topological polar surface area (TPSA) is 124 Å². The lowest BCUT2D eigenvalue weighted by Gasteiger charge is -2.44. The Labute approximate surface area is 360 Å². The Hall–Kier alpha value is -1.46. The first kappa shape index (κ1) is 45.6. The van der Waals surface area contributed by atoms with Crippen molar-refractivity contribution in [3.8, 4) is 0 Å². The number of cyclic esters (lactones) is 1. The lowest BCUT2D eigenvalue weighted by molar-refractivity contribution is -0.314. The first-order chi connectivity index (χ1) is 28.4. The Morgan fingerprint density at radius 1 is 0.898 bits per heavy atom. The Morgan fingerprint density at radius 3 is 2.34 bits per heavy atom. The van der Waals surface area contributed by atoms with E-state index in [0.717, 1.165) is 72.7 Å². The normalized spacial score (nSPS) is 41.6. The predicted molar refractivity (Wildman–Crippen MR) is 227 cm³/mol. The number of thioether (sulfide) groups is 1. The third-order valence-corrected chi connectivity index (χ3v) is 16.9. The smallest absolute Gasteiger partial charge is 0.306 e. The molecule has 3 aliphatic heterocycles. The van der Waals surface area contributed by atoms with Crippen LogP contribution in [0.2, 0.25) is 0 Å². The van der Waals surface area contributed by atoms with Gasteiger partial charge in [0.25, 0.3) is 0 Å². The molecule has 12 nitrogen and oxygen atoms in total. The van der Waals surface area contributed by atoms with Gasteiger partial charge in [-0.25, -0.2) is 4.98 Å². The van der Waals surface area contributed by atoms with E-state index in [2.05, 4.69) is 45.8 Å². The maximum Gasteiger partial charge on any atom is 0.306 e. The standard InChI is InChI=1S/C45H70N2O10S2/c1-11-18-58-45-46-38-37-29(28-19-27(20-32(28)43(38)59-45)56-44-42(52-10)41(51-9)40(50-8)25(5)54-44)21-31-30(37)22-35(48)55-26(12-2)14-13-15-34(23(3)39(31)49)57-36-17-16-33(47(6)7)24(4)53-36/h21,23-30,32-34,36-37,40-42,44H,11-20,22H2,1-10H3/t23-,24-,25+,26+,27+,28+,29+,30-,32-,33+,34+,36+,37-,40+,41-,42-,44+/m1/s1. The molecule has 7 rings (SSSR count). The van der Waals surface area contributed by atoms with Crippen LogP contribution in [0.25, 0.3) is 0 Å². The zero-order valence-corrected chi connectivity index (χ0v) is 38.6. The molecule has 0 unspecified atom stereocenters. The summed E-state index contributed by atoms with van der Waals surface area (Å²) in [6.45, 7) is 10.4. The van der Waals surface area contributed by atoms with Crippen LogP contribution in [0, 0.1) is 23.7 Å². The summed E-state index contributed by atoms with van der Waals surface area (Å²) < 4.78 is 51.5. The minimum absolute atomic E-state index is 0.0159. The predicted octanol–water partition coefficient (Wildman–Crippen LogP) is 7.52. The van der Waals surface area contributed by atoms with Crippen molar-refractivity contribution in [2.24, 2.45) is 23.7 Å². The van der Waals surface area contributed by atoms with Crippen molar-refractivity contribution < 1.29 is 47.5 Å². The van der Waals surface area contributed by atoms with E-state index >= 15 is 4.79 Å². The molecule has 1 saturated carbocycles. The minimum atomic E-state index is -0.633. The van der Waals surface area contributed by atoms with Crippen molar-refractivity contribution in [3.63, 3.8) is 0 Å². The zero-order valence-electron chi connectivity index (χ0n) is 37.0. The zero-order chi connectivity index (χ0) is 42.1. The van der Waals surface area contributed by atoms with Crippen LogP contribution in [0.1, 0.15) is 121 Å². The first-order valence-electron chi connectivity index (χ1n) is 22.4. The average molecular weight is 863 g/mol. The van der Waals surface area contributed by atoms with Crippen LogP contribution in [0.5, 0.6) is 0 Å². The number of carbonyl (C=O) groups is 2. The van der Waals surface area contributed by atoms with E-state index in [9.17, 15) is 4.79 Å². The number of carbonyl (C=O) groups excluding carboxylic acids is 2. The molecule has 0 radical (unpaired) electrons. The molecule has 0 amide bonds. The molecular formula is C45H70N2O10S2. The number of Topliss-reactive ketones (excluding diaryl/α,β-unsaturated/α-hetero) is 1. The van der Waals surface area contributed by atoms with Gasteiger partial charge in [0, 0.05) is 61.7 Å². The van der Waals surface area contributed by atoms with E-state index in [-0.39, 0.29) is 96.8 Å². The van der Waals surface area contributed by atoms with Crippen LogP contribution in [0.4, 0.5) is 0 Å². The fraction of sp³-hybridized carbons (Fsp3) is 0.844. The van der Waals surface area contributed by atoms with E-state index in [1.54, 1.807) is 44.4 Å². The third-order valence-electron chi connectivity index (χ3n) is 14.3. The van der Waals surface area contributed by atoms with Gasteiger partial charge in [-0.05, 0) is 103 Å². The monoisotopic (exact) mass is 862 g/mol. The summed E-state index contributed by atoms with van der Waals surface area (Å²) in [5.74, 6) is 0.365. The van der Waals surface area contributed by atoms with Gasteiger partial charge in [0.2, 0.25) is 0 Å². The molecule has 6 aliphatic rings. The quantitative estimate of drug-likeness (QED) is 0.152. The highest BCUT2D eigenvalue weighted by Crippen LogP contribution is 2.63. The Morgan fingerprint density at radius 2 is 1.66 bits per heavy atom. The number of thiazole rings is 1. The van der Waals surface area contributed by atoms with Crippen LogP contribution < -0.4 is 0 Å². The molecular weight excluding hydrogens is 793 g/mol. The van der Waals surface area contributed by atoms with E-state index in [1.165, 1.54) is 4.88 Å². The molecule has 0 spiro atoms. The van der Waals surface area contributed by atoms with Gasteiger partial charge in [-0.1, -0.05) is 38.6 Å². The fourth-order valence-electron chi connectivity index (χ4n) is 11.3. The van der Waals surface area contributed by atoms with Crippen molar-refractivity contribution in [2.45, 2.75) is 182 Å². The molecule has 0 bridgehead atoms. The molecule has 0 aromatic carbocycles. The van der Waals surface area contributed by atoms with E-state index in [0.29, 0.717) is 12.5 Å². The van der Waals surface area contributed by atoms with Crippen molar-refractivity contribution in [1.29, 1.82) is 0 Å². The van der Waals surface area contributed by atoms with Gasteiger partial charge in [0.1, 0.15) is 28.8 Å². The van der Waals surface area contributed by atoms with Gasteiger partial charge in [0.15, 0.2) is 18.4 Å². The second-order valence-corrected chi connectivity index (χ2v) is 20.5. The number of allylic oxidation sites excluding steroid dienone is 2. The Bertz CT molecular complexity index is 1620. The van der Waals surface area contributed by atoms with Crippen LogP contribution in [0.15, 0.2) is 16.0 Å². The van der Waals surface area contributed by atoms with Crippen molar-refractivity contribution in [2.75, 3.05) is 41.2 Å². The number of hydrogen-bond acceptors (Lipinski definition) is 14. The van der Waals surface area contributed by atoms with Crippen LogP contribution >= 0.6 is 23.1 Å². The SMILES string of the molecule is CCCSc1nc2c(s1)[C@@H]1C[C@@H](O[C@@H]3O[C@@H](C)[C@H](OC)[C@@H](OC)[C@H]3OC)C[C@H]1[C@@H]1C=C3C(=O)[C@H](C)[C@@H](O[C@H]4CC[C@H](N(C)C)[C@@H](C)O4)CCC[C@H](CC)OC(=O)C[C@H]3[C@H]21. The van der Waals surface area contributed by atoms with E-state index in [1.807, 2.05) is 13.8 Å². The fourth-order valence-corrected chi connectivity index (χ4v) is 13.6. The van der Waals surface area contributed by atoms with Crippen LogP contribution in [-0.4, -0.2) is 130 Å². The summed E-state index contributed by atoms with van der Waals surface area (Å²) in [5, 5.41) is 0. The van der Waals surface area contributed by atoms with Crippen molar-refractivity contribution in [1.82, 2.24) is 9.88 Å². The molecule has 4 fully saturated rings. The Balaban J connectivity index is 1.20. The molecule has 0 N–H and O–H groups in total. The lowest BCUT2D eigenvalue weighted by Crippen LogP contribution is -2.59. The first-order valence-corrected chi connectivity index (χ1v) is 24.2. The van der Waals surface area contributed by atoms with Gasteiger partial charge >= 0.3 is 5.97 Å². The van der Waals surface area contributed by atoms with E-state index in [4.69, 9.17) is 42.9 Å². The second kappa shape index (κ2) is 19.9. The highest BCUT2D eigenvalue weighted by atomic mass is 32.2. The molecule has 3 aliphatic carbocycles. The van der Waals surface area contributed by atoms with Crippen molar-refractivity contribution in [3.05, 3.63) is 22.2 Å². The van der Waals surface area contributed by atoms with Gasteiger partial charge < -0.3 is 42.8 Å². The summed E-state index contributed by atoms with van der Waals surface area (Å²) in [6, 6.07) is 0.323. The number of aromatic nitrogens is 1. The number of rotatable bonds is 12. The largest absolute Gasteiger partial charge is 0.462 e. The number of esters is 1. The molecule has 59 heavy (non-hydrogen) atoms. The van der Waals surface area contributed by atoms with Gasteiger partial charge in [-0.2, -0.15) is 0 Å². The summed E-state index contributed by atoms with van der Waals surface area (Å²) >= 11 is 3.59. The molecule has 4 heterocycles. The number of fused-ring (bicyclic) bond motifs is 8. The van der Waals surface area contributed by atoms with Gasteiger partial charge in [-0.15, -0.1) is 11.3 Å². The molecule has 1 aromatic heterocycles. The third kappa shape index (κ3) is 9.43. The molecule has 332 valence electrons. The number of ether oxygens (including phenoxy) is 8. The summed E-state index contributed by atoms with van der Waals surface area (Å²) in [5.41, 5.74) is 1.79. The summed E-state index contributed by atoms with van der Waals surface area (Å²) in [7, 11) is 9.19. The molecule has 14 heteroatoms. The second-order valence-electron chi connectivity index (χ2n) is 18.1. The summed E-state index contributed by atoms with van der Waals surface area (Å²) in [4.78, 5) is 37.9. The number of hydrogen-bond donors (Lipinski definition) is 0. The summed E-state index contributed by atoms with van der Waals surface area (Å²) in [6.07, 6.45) is 6.76. The molecule has 3 saturated heterocycles. The number of likely N-dealkylation sites (N-methyl/N-ethyl adjacent to an activating group) is 1. The van der Waals surface area contributed by atoms with Crippen LogP contribution in [-0.2, 0) is 47.5 Å². The number of nitrogens with zero attached hydrogens (tertiary/aromatic N) is 2. The highest BCUT2D eigenvalue weighted by Gasteiger charge is 2.57. The highest BCUT2D eigenvalue weighted by molar-refractivity contribution is 8.01. The number of methoxy groups -OCH3 is 3. The van der Waals surface area contributed by atoms with Crippen LogP contribution in [0.3, 0.4) is 0 Å². The average Bonchev–Trinajstić information content (AvgIpc) is 3.93. The molecule has 17 atom stereocenters. The maximum absolute atomic E-state index is 15.1. The minimum Gasteiger partial charge on any atom is -0.462 e. The molecule has 1 aromatic rings. The van der Waals surface area contributed by atoms with Crippen molar-refractivity contribution >= 4 is 34.9 Å². The van der Waals surface area contributed by atoms with E-state index < -0.39 is 18.3 Å². The number of ketones is 1.